The lowest BCUT2D eigenvalue weighted by Gasteiger charge is -2.26. The number of ether oxygens (including phenoxy) is 2. The molecule has 1 N–H and O–H groups in total. The van der Waals surface area contributed by atoms with E-state index >= 15 is 0 Å². The van der Waals surface area contributed by atoms with E-state index in [-0.39, 0.29) is 25.2 Å². The van der Waals surface area contributed by atoms with Gasteiger partial charge in [0, 0.05) is 0 Å². The number of cyclic esters (lactones) is 1. The van der Waals surface area contributed by atoms with Crippen LogP contribution >= 0.6 is 0 Å². The van der Waals surface area contributed by atoms with Gasteiger partial charge in [-0.1, -0.05) is 26.0 Å². The highest BCUT2D eigenvalue weighted by Crippen LogP contribution is 2.27. The predicted octanol–water partition coefficient (Wildman–Crippen LogP) is 1.77. The van der Waals surface area contributed by atoms with Gasteiger partial charge in [-0.3, -0.25) is 4.79 Å². The SMILES string of the molecule is COc1cccc([C@H](CO)C(=O)N2C(=O)OC[C@@H]2C(C)C)c1. The Morgan fingerprint density at radius 3 is 2.82 bits per heavy atom. The van der Waals surface area contributed by atoms with Crippen LogP contribution in [0.2, 0.25) is 0 Å². The fraction of sp³-hybridized carbons (Fsp3) is 0.500. The number of rotatable bonds is 5. The van der Waals surface area contributed by atoms with Crippen molar-refractivity contribution in [3.8, 4) is 5.75 Å². The molecule has 0 bridgehead atoms. The van der Waals surface area contributed by atoms with Crippen molar-refractivity contribution in [1.29, 1.82) is 0 Å². The molecule has 1 aromatic rings. The van der Waals surface area contributed by atoms with E-state index in [1.807, 2.05) is 13.8 Å². The number of carbonyl (C=O) groups excluding carboxylic acids is 2. The molecule has 0 aliphatic carbocycles. The highest BCUT2D eigenvalue weighted by Gasteiger charge is 2.42. The van der Waals surface area contributed by atoms with Crippen molar-refractivity contribution >= 4 is 12.0 Å². The molecule has 2 rings (SSSR count). The van der Waals surface area contributed by atoms with E-state index in [0.29, 0.717) is 11.3 Å². The zero-order chi connectivity index (χ0) is 16.3. The summed E-state index contributed by atoms with van der Waals surface area (Å²) in [6.45, 7) is 3.65. The molecule has 0 aromatic heterocycles. The second-order valence-corrected chi connectivity index (χ2v) is 5.61. The summed E-state index contributed by atoms with van der Waals surface area (Å²) in [5.74, 6) is -0.591. The average molecular weight is 307 g/mol. The van der Waals surface area contributed by atoms with Crippen LogP contribution in [0.4, 0.5) is 4.79 Å². The lowest BCUT2D eigenvalue weighted by Crippen LogP contribution is -2.44. The summed E-state index contributed by atoms with van der Waals surface area (Å²) in [5.41, 5.74) is 0.606. The Kier molecular flexibility index (Phi) is 5.03. The number of aliphatic hydroxyl groups excluding tert-OH is 1. The van der Waals surface area contributed by atoms with Crippen LogP contribution in [0.25, 0.3) is 0 Å². The smallest absolute Gasteiger partial charge is 0.417 e. The molecule has 0 saturated carbocycles. The molecule has 1 saturated heterocycles. The van der Waals surface area contributed by atoms with Gasteiger partial charge >= 0.3 is 6.09 Å². The number of aliphatic hydroxyl groups is 1. The maximum absolute atomic E-state index is 12.7. The van der Waals surface area contributed by atoms with Gasteiger partial charge in [0.05, 0.1) is 25.7 Å². The molecule has 6 heteroatoms. The molecule has 22 heavy (non-hydrogen) atoms. The first-order valence-electron chi connectivity index (χ1n) is 7.24. The molecular weight excluding hydrogens is 286 g/mol. The summed E-state index contributed by atoms with van der Waals surface area (Å²) in [6, 6.07) is 6.60. The van der Waals surface area contributed by atoms with Gasteiger partial charge in [-0.05, 0) is 23.6 Å². The highest BCUT2D eigenvalue weighted by molar-refractivity contribution is 5.97. The number of amides is 2. The topological polar surface area (TPSA) is 76.1 Å². The van der Waals surface area contributed by atoms with Crippen molar-refractivity contribution in [2.24, 2.45) is 5.92 Å². The van der Waals surface area contributed by atoms with Gasteiger partial charge in [-0.25, -0.2) is 9.69 Å². The molecule has 1 aromatic carbocycles. The molecule has 1 aliphatic heterocycles. The fourth-order valence-electron chi connectivity index (χ4n) is 2.53. The summed E-state index contributed by atoms with van der Waals surface area (Å²) >= 11 is 0. The van der Waals surface area contributed by atoms with E-state index in [1.165, 1.54) is 7.11 Å². The molecule has 0 unspecified atom stereocenters. The number of carbonyl (C=O) groups is 2. The monoisotopic (exact) mass is 307 g/mol. The summed E-state index contributed by atoms with van der Waals surface area (Å²) in [6.07, 6.45) is -0.648. The van der Waals surface area contributed by atoms with Crippen LogP contribution in [-0.4, -0.2) is 48.4 Å². The maximum atomic E-state index is 12.7. The standard InChI is InChI=1S/C16H21NO5/c1-10(2)14-9-22-16(20)17(14)15(19)13(8-18)11-5-4-6-12(7-11)21-3/h4-7,10,13-14,18H,8-9H2,1-3H3/t13-,14+/m0/s1. The van der Waals surface area contributed by atoms with Gasteiger partial charge < -0.3 is 14.6 Å². The van der Waals surface area contributed by atoms with Crippen LogP contribution in [0.15, 0.2) is 24.3 Å². The molecule has 1 aliphatic rings. The molecule has 1 fully saturated rings. The molecule has 1 heterocycles. The second kappa shape index (κ2) is 6.79. The van der Waals surface area contributed by atoms with E-state index < -0.39 is 17.9 Å². The van der Waals surface area contributed by atoms with E-state index in [9.17, 15) is 14.7 Å². The first-order valence-corrected chi connectivity index (χ1v) is 7.24. The Morgan fingerprint density at radius 2 is 2.23 bits per heavy atom. The zero-order valence-corrected chi connectivity index (χ0v) is 13.0. The Morgan fingerprint density at radius 1 is 1.50 bits per heavy atom. The molecule has 6 nitrogen and oxygen atoms in total. The van der Waals surface area contributed by atoms with Gasteiger partial charge in [0.1, 0.15) is 12.4 Å². The Balaban J connectivity index is 2.29. The van der Waals surface area contributed by atoms with Gasteiger partial charge in [0.2, 0.25) is 5.91 Å². The van der Waals surface area contributed by atoms with Crippen molar-refractivity contribution in [1.82, 2.24) is 4.90 Å². The van der Waals surface area contributed by atoms with Crippen molar-refractivity contribution in [3.05, 3.63) is 29.8 Å². The lowest BCUT2D eigenvalue weighted by atomic mass is 9.96. The minimum absolute atomic E-state index is 0.0834. The van der Waals surface area contributed by atoms with Crippen molar-refractivity contribution in [2.45, 2.75) is 25.8 Å². The third-order valence-corrected chi connectivity index (χ3v) is 3.89. The molecule has 2 atom stereocenters. The molecule has 0 radical (unpaired) electrons. The number of hydrogen-bond donors (Lipinski definition) is 1. The number of benzene rings is 1. The van der Waals surface area contributed by atoms with Crippen molar-refractivity contribution in [3.63, 3.8) is 0 Å². The number of methoxy groups -OCH3 is 1. The minimum atomic E-state index is -0.818. The summed E-state index contributed by atoms with van der Waals surface area (Å²) in [4.78, 5) is 25.7. The zero-order valence-electron chi connectivity index (χ0n) is 13.0. The third-order valence-electron chi connectivity index (χ3n) is 3.89. The lowest BCUT2D eigenvalue weighted by molar-refractivity contribution is -0.132. The quantitative estimate of drug-likeness (QED) is 0.897. The summed E-state index contributed by atoms with van der Waals surface area (Å²) in [7, 11) is 1.53. The van der Waals surface area contributed by atoms with Crippen molar-refractivity contribution < 1.29 is 24.2 Å². The van der Waals surface area contributed by atoms with Crippen molar-refractivity contribution in [2.75, 3.05) is 20.3 Å². The Bertz CT molecular complexity index is 557. The van der Waals surface area contributed by atoms with E-state index in [4.69, 9.17) is 9.47 Å². The van der Waals surface area contributed by atoms with Crippen LogP contribution in [0.1, 0.15) is 25.3 Å². The molecule has 2 amide bonds. The molecule has 120 valence electrons. The number of imide groups is 1. The van der Waals surface area contributed by atoms with Crippen LogP contribution in [0.3, 0.4) is 0 Å². The average Bonchev–Trinajstić information content (AvgIpc) is 2.90. The predicted molar refractivity (Wildman–Crippen MR) is 79.6 cm³/mol. The van der Waals surface area contributed by atoms with Crippen LogP contribution in [-0.2, 0) is 9.53 Å². The minimum Gasteiger partial charge on any atom is -0.497 e. The Labute approximate surface area is 129 Å². The van der Waals surface area contributed by atoms with Gasteiger partial charge in [-0.15, -0.1) is 0 Å². The highest BCUT2D eigenvalue weighted by atomic mass is 16.6. The first kappa shape index (κ1) is 16.3. The van der Waals surface area contributed by atoms with Gasteiger partial charge in [0.25, 0.3) is 0 Å². The number of hydrogen-bond acceptors (Lipinski definition) is 5. The largest absolute Gasteiger partial charge is 0.497 e. The van der Waals surface area contributed by atoms with Crippen LogP contribution in [0.5, 0.6) is 5.75 Å². The molecular formula is C16H21NO5. The maximum Gasteiger partial charge on any atom is 0.417 e. The van der Waals surface area contributed by atoms with Crippen LogP contribution in [0, 0.1) is 5.92 Å². The van der Waals surface area contributed by atoms with E-state index in [2.05, 4.69) is 0 Å². The summed E-state index contributed by atoms with van der Waals surface area (Å²) in [5, 5.41) is 9.64. The van der Waals surface area contributed by atoms with E-state index in [0.717, 1.165) is 4.90 Å². The second-order valence-electron chi connectivity index (χ2n) is 5.61. The van der Waals surface area contributed by atoms with E-state index in [1.54, 1.807) is 24.3 Å². The molecule has 0 spiro atoms. The van der Waals surface area contributed by atoms with Crippen LogP contribution < -0.4 is 4.74 Å². The first-order chi connectivity index (χ1) is 10.5. The van der Waals surface area contributed by atoms with Gasteiger partial charge in [0.15, 0.2) is 0 Å². The number of nitrogens with zero attached hydrogens (tertiary/aromatic N) is 1. The normalized spacial score (nSPS) is 19.2. The fourth-order valence-corrected chi connectivity index (χ4v) is 2.53. The third kappa shape index (κ3) is 3.06. The Hall–Kier alpha value is -2.08. The van der Waals surface area contributed by atoms with Gasteiger partial charge in [-0.2, -0.15) is 0 Å². The summed E-state index contributed by atoms with van der Waals surface area (Å²) < 4.78 is 10.1.